The molecule has 0 bridgehead atoms. The molecule has 1 aliphatic carbocycles. The minimum absolute atomic E-state index is 0.529. The molecule has 1 aromatic rings. The van der Waals surface area contributed by atoms with Gasteiger partial charge in [-0.2, -0.15) is 0 Å². The predicted molar refractivity (Wildman–Crippen MR) is 53.5 cm³/mol. The van der Waals surface area contributed by atoms with Crippen molar-refractivity contribution < 1.29 is 5.11 Å². The van der Waals surface area contributed by atoms with Gasteiger partial charge in [-0.15, -0.1) is 0 Å². The Morgan fingerprint density at radius 1 is 1.36 bits per heavy atom. The molecule has 0 aliphatic heterocycles. The van der Waals surface area contributed by atoms with Gasteiger partial charge < -0.3 is 5.11 Å². The van der Waals surface area contributed by atoms with Crippen molar-refractivity contribution in [2.45, 2.75) is 31.8 Å². The summed E-state index contributed by atoms with van der Waals surface area (Å²) in [5.74, 6) is 0. The summed E-state index contributed by atoms with van der Waals surface area (Å²) in [4.78, 5) is 7.88. The second-order valence-electron chi connectivity index (χ2n) is 3.56. The monoisotopic (exact) mass is 190 g/mol. The highest BCUT2D eigenvalue weighted by Gasteiger charge is 2.15. The molecule has 1 heterocycles. The predicted octanol–water partition coefficient (Wildman–Crippen LogP) is 2.01. The van der Waals surface area contributed by atoms with Gasteiger partial charge in [0.05, 0.1) is 5.69 Å². The third-order valence-corrected chi connectivity index (χ3v) is 2.56. The Morgan fingerprint density at radius 2 is 2.29 bits per heavy atom. The highest BCUT2D eigenvalue weighted by Crippen LogP contribution is 2.28. The minimum atomic E-state index is -0.529. The molecule has 2 rings (SSSR count). The van der Waals surface area contributed by atoms with Crippen LogP contribution in [0.2, 0.25) is 0 Å². The normalized spacial score (nSPS) is 18.8. The number of rotatable bonds is 2. The van der Waals surface area contributed by atoms with Gasteiger partial charge in [0.1, 0.15) is 12.4 Å². The first kappa shape index (κ1) is 9.34. The number of allylic oxidation sites excluding steroid dienone is 1. The lowest BCUT2D eigenvalue weighted by Crippen LogP contribution is -2.06. The second-order valence-corrected chi connectivity index (χ2v) is 3.56. The van der Waals surface area contributed by atoms with E-state index in [4.69, 9.17) is 0 Å². The van der Waals surface area contributed by atoms with E-state index < -0.39 is 6.10 Å². The van der Waals surface area contributed by atoms with E-state index in [-0.39, 0.29) is 0 Å². The van der Waals surface area contributed by atoms with Crippen LogP contribution in [-0.4, -0.2) is 15.1 Å². The fourth-order valence-corrected chi connectivity index (χ4v) is 1.76. The Labute approximate surface area is 83.5 Å². The van der Waals surface area contributed by atoms with Crippen LogP contribution < -0.4 is 0 Å². The largest absolute Gasteiger partial charge is 0.382 e. The van der Waals surface area contributed by atoms with E-state index in [9.17, 15) is 5.11 Å². The smallest absolute Gasteiger partial charge is 0.117 e. The number of aromatic nitrogens is 2. The lowest BCUT2D eigenvalue weighted by atomic mass is 9.94. The Kier molecular flexibility index (Phi) is 2.89. The summed E-state index contributed by atoms with van der Waals surface area (Å²) in [6.07, 6.45) is 9.22. The summed E-state index contributed by atoms with van der Waals surface area (Å²) >= 11 is 0. The summed E-state index contributed by atoms with van der Waals surface area (Å²) in [5, 5.41) is 9.99. The van der Waals surface area contributed by atoms with Gasteiger partial charge in [-0.1, -0.05) is 6.08 Å². The molecule has 14 heavy (non-hydrogen) atoms. The highest BCUT2D eigenvalue weighted by atomic mass is 16.3. The van der Waals surface area contributed by atoms with Crippen LogP contribution in [0.4, 0.5) is 0 Å². The van der Waals surface area contributed by atoms with Crippen LogP contribution in [0.3, 0.4) is 0 Å². The molecule has 1 N–H and O–H groups in total. The maximum absolute atomic E-state index is 9.99. The van der Waals surface area contributed by atoms with Gasteiger partial charge in [0.15, 0.2) is 0 Å². The maximum atomic E-state index is 9.99. The first-order valence-corrected chi connectivity index (χ1v) is 5.01. The Balaban J connectivity index is 2.15. The molecule has 0 amide bonds. The number of aliphatic hydroxyl groups is 1. The lowest BCUT2D eigenvalue weighted by Gasteiger charge is -2.17. The van der Waals surface area contributed by atoms with Crippen LogP contribution in [0.1, 0.15) is 37.5 Å². The topological polar surface area (TPSA) is 46.0 Å². The van der Waals surface area contributed by atoms with E-state index in [0.29, 0.717) is 5.69 Å². The number of nitrogens with zero attached hydrogens (tertiary/aromatic N) is 2. The molecule has 1 aromatic heterocycles. The molecule has 0 saturated heterocycles. The van der Waals surface area contributed by atoms with E-state index in [1.807, 2.05) is 0 Å². The zero-order chi connectivity index (χ0) is 9.80. The molecule has 3 nitrogen and oxygen atoms in total. The fraction of sp³-hybridized carbons (Fsp3) is 0.455. The first-order valence-electron chi connectivity index (χ1n) is 5.01. The van der Waals surface area contributed by atoms with Crippen molar-refractivity contribution in [3.8, 4) is 0 Å². The van der Waals surface area contributed by atoms with E-state index in [1.165, 1.54) is 19.2 Å². The van der Waals surface area contributed by atoms with Gasteiger partial charge in [0, 0.05) is 6.20 Å². The summed E-state index contributed by atoms with van der Waals surface area (Å²) in [7, 11) is 0. The minimum Gasteiger partial charge on any atom is -0.382 e. The lowest BCUT2D eigenvalue weighted by molar-refractivity contribution is 0.203. The van der Waals surface area contributed by atoms with Crippen molar-refractivity contribution in [3.63, 3.8) is 0 Å². The average molecular weight is 190 g/mol. The number of hydrogen-bond donors (Lipinski definition) is 1. The molecule has 3 heteroatoms. The van der Waals surface area contributed by atoms with Gasteiger partial charge >= 0.3 is 0 Å². The van der Waals surface area contributed by atoms with Crippen molar-refractivity contribution in [1.29, 1.82) is 0 Å². The Morgan fingerprint density at radius 3 is 2.93 bits per heavy atom. The van der Waals surface area contributed by atoms with E-state index >= 15 is 0 Å². The number of aliphatic hydroxyl groups excluding tert-OH is 1. The molecule has 0 radical (unpaired) electrons. The van der Waals surface area contributed by atoms with Crippen molar-refractivity contribution >= 4 is 0 Å². The van der Waals surface area contributed by atoms with Crippen LogP contribution in [-0.2, 0) is 0 Å². The zero-order valence-corrected chi connectivity index (χ0v) is 8.06. The van der Waals surface area contributed by atoms with E-state index in [0.717, 1.165) is 18.4 Å². The summed E-state index contributed by atoms with van der Waals surface area (Å²) in [6, 6.07) is 1.76. The van der Waals surface area contributed by atoms with Gasteiger partial charge in [-0.05, 0) is 37.3 Å². The quantitative estimate of drug-likeness (QED) is 0.725. The van der Waals surface area contributed by atoms with E-state index in [2.05, 4.69) is 16.0 Å². The second kappa shape index (κ2) is 4.33. The molecule has 1 unspecified atom stereocenters. The summed E-state index contributed by atoms with van der Waals surface area (Å²) in [5.41, 5.74) is 1.81. The molecule has 0 fully saturated rings. The molecule has 0 saturated carbocycles. The van der Waals surface area contributed by atoms with Crippen LogP contribution in [0.5, 0.6) is 0 Å². The summed E-state index contributed by atoms with van der Waals surface area (Å²) < 4.78 is 0. The van der Waals surface area contributed by atoms with Gasteiger partial charge in [-0.3, -0.25) is 0 Å². The van der Waals surface area contributed by atoms with Crippen molar-refractivity contribution in [2.24, 2.45) is 0 Å². The van der Waals surface area contributed by atoms with Crippen molar-refractivity contribution in [1.82, 2.24) is 9.97 Å². The maximum Gasteiger partial charge on any atom is 0.117 e. The molecule has 0 spiro atoms. The zero-order valence-electron chi connectivity index (χ0n) is 8.06. The Hall–Kier alpha value is -1.22. The molecule has 0 aromatic carbocycles. The highest BCUT2D eigenvalue weighted by molar-refractivity contribution is 5.19. The van der Waals surface area contributed by atoms with Gasteiger partial charge in [-0.25, -0.2) is 9.97 Å². The molecule has 1 atom stereocenters. The third kappa shape index (κ3) is 1.99. The van der Waals surface area contributed by atoms with Gasteiger partial charge in [0.2, 0.25) is 0 Å². The third-order valence-electron chi connectivity index (χ3n) is 2.56. The molecule has 1 aliphatic rings. The first-order chi connectivity index (χ1) is 6.88. The van der Waals surface area contributed by atoms with Crippen molar-refractivity contribution in [2.75, 3.05) is 0 Å². The SMILES string of the molecule is OC(C1=CCCCC1)c1ccncn1. The van der Waals surface area contributed by atoms with Crippen LogP contribution >= 0.6 is 0 Å². The van der Waals surface area contributed by atoms with Gasteiger partial charge in [0.25, 0.3) is 0 Å². The molecule has 74 valence electrons. The molecular weight excluding hydrogens is 176 g/mol. The van der Waals surface area contributed by atoms with Crippen LogP contribution in [0.25, 0.3) is 0 Å². The average Bonchev–Trinajstić information content (AvgIpc) is 2.30. The fourth-order valence-electron chi connectivity index (χ4n) is 1.76. The standard InChI is InChI=1S/C11H14N2O/c14-11(9-4-2-1-3-5-9)10-6-7-12-8-13-10/h4,6-8,11,14H,1-3,5H2. The summed E-state index contributed by atoms with van der Waals surface area (Å²) in [6.45, 7) is 0. The van der Waals surface area contributed by atoms with Crippen molar-refractivity contribution in [3.05, 3.63) is 35.9 Å². The van der Waals surface area contributed by atoms with E-state index in [1.54, 1.807) is 12.3 Å². The Bertz CT molecular complexity index is 321. The molecular formula is C11H14N2O. The van der Waals surface area contributed by atoms with Crippen LogP contribution in [0, 0.1) is 0 Å². The van der Waals surface area contributed by atoms with Crippen LogP contribution in [0.15, 0.2) is 30.2 Å². The number of hydrogen-bond acceptors (Lipinski definition) is 3.